The highest BCUT2D eigenvalue weighted by Crippen LogP contribution is 2.35. The number of benzene rings is 1. The number of nitrogens with zero attached hydrogens (tertiary/aromatic N) is 3. The molecule has 0 spiro atoms. The topological polar surface area (TPSA) is 78.4 Å². The first-order valence-electron chi connectivity index (χ1n) is 9.95. The van der Waals surface area contributed by atoms with Gasteiger partial charge in [-0.05, 0) is 55.5 Å². The van der Waals surface area contributed by atoms with Crippen molar-refractivity contribution in [2.75, 3.05) is 25.0 Å². The molecule has 0 radical (unpaired) electrons. The fraction of sp³-hybridized carbons (Fsp3) is 0.318. The summed E-state index contributed by atoms with van der Waals surface area (Å²) in [6, 6.07) is 11.7. The summed E-state index contributed by atoms with van der Waals surface area (Å²) in [5, 5.41) is 13.3. The van der Waals surface area contributed by atoms with Gasteiger partial charge in [-0.25, -0.2) is 9.97 Å². The van der Waals surface area contributed by atoms with Crippen molar-refractivity contribution >= 4 is 40.0 Å². The molecular formula is C22H24N4O2S2. The van der Waals surface area contributed by atoms with E-state index in [0.29, 0.717) is 19.0 Å². The SMILES string of the molecule is Cc1ccc(Sc2cnc(Nc3ccccn3)s2)cc1C(=O)N1CCC(CO)CC1. The molecule has 1 amide bonds. The Hall–Kier alpha value is -2.42. The maximum Gasteiger partial charge on any atom is 0.254 e. The number of aliphatic hydroxyl groups is 1. The third-order valence-corrected chi connectivity index (χ3v) is 7.21. The van der Waals surface area contributed by atoms with Crippen molar-refractivity contribution in [1.82, 2.24) is 14.9 Å². The molecule has 2 N–H and O–H groups in total. The predicted octanol–water partition coefficient (Wildman–Crippen LogP) is 4.59. The van der Waals surface area contributed by atoms with Crippen LogP contribution in [0.15, 0.2) is 57.9 Å². The highest BCUT2D eigenvalue weighted by atomic mass is 32.2. The lowest BCUT2D eigenvalue weighted by molar-refractivity contribution is 0.0650. The van der Waals surface area contributed by atoms with Gasteiger partial charge in [-0.15, -0.1) is 0 Å². The van der Waals surface area contributed by atoms with Crippen molar-refractivity contribution in [1.29, 1.82) is 0 Å². The number of aryl methyl sites for hydroxylation is 1. The van der Waals surface area contributed by atoms with Crippen LogP contribution in [0.5, 0.6) is 0 Å². The fourth-order valence-electron chi connectivity index (χ4n) is 3.41. The number of carbonyl (C=O) groups is 1. The molecule has 0 bridgehead atoms. The lowest BCUT2D eigenvalue weighted by Crippen LogP contribution is -2.39. The van der Waals surface area contributed by atoms with Crippen LogP contribution in [0, 0.1) is 12.8 Å². The standard InChI is InChI=1S/C22H24N4O2S2/c1-15-5-6-17(12-18(15)21(28)26-10-7-16(14-27)8-11-26)29-20-13-24-22(30-20)25-19-4-2-3-9-23-19/h2-6,9,12-13,16,27H,7-8,10-11,14H2,1H3,(H,23,24,25). The van der Waals surface area contributed by atoms with Gasteiger partial charge < -0.3 is 15.3 Å². The minimum Gasteiger partial charge on any atom is -0.396 e. The number of nitrogens with one attached hydrogen (secondary N) is 1. The Labute approximate surface area is 184 Å². The van der Waals surface area contributed by atoms with E-state index in [0.717, 1.165) is 44.0 Å². The number of piperidine rings is 1. The van der Waals surface area contributed by atoms with E-state index in [2.05, 4.69) is 15.3 Å². The molecule has 1 aliphatic rings. The molecule has 0 atom stereocenters. The summed E-state index contributed by atoms with van der Waals surface area (Å²) < 4.78 is 1.04. The van der Waals surface area contributed by atoms with E-state index in [9.17, 15) is 9.90 Å². The molecule has 0 unspecified atom stereocenters. The fourth-order valence-corrected chi connectivity index (χ4v) is 5.31. The average molecular weight is 441 g/mol. The number of rotatable bonds is 6. The van der Waals surface area contributed by atoms with Crippen molar-refractivity contribution in [2.45, 2.75) is 28.9 Å². The summed E-state index contributed by atoms with van der Waals surface area (Å²) in [4.78, 5) is 24.7. The summed E-state index contributed by atoms with van der Waals surface area (Å²) in [5.74, 6) is 1.15. The molecule has 0 aliphatic carbocycles. The zero-order chi connectivity index (χ0) is 20.9. The van der Waals surface area contributed by atoms with Crippen LogP contribution in [-0.2, 0) is 0 Å². The Balaban J connectivity index is 1.44. The van der Waals surface area contributed by atoms with Gasteiger partial charge in [0.2, 0.25) is 0 Å². The predicted molar refractivity (Wildman–Crippen MR) is 121 cm³/mol. The largest absolute Gasteiger partial charge is 0.396 e. The Morgan fingerprint density at radius 3 is 2.83 bits per heavy atom. The normalized spacial score (nSPS) is 14.7. The van der Waals surface area contributed by atoms with Crippen molar-refractivity contribution in [3.05, 3.63) is 59.9 Å². The second-order valence-corrected chi connectivity index (χ2v) is 9.73. The number of aromatic nitrogens is 2. The van der Waals surface area contributed by atoms with Gasteiger partial charge in [0, 0.05) is 36.4 Å². The molecule has 3 heterocycles. The van der Waals surface area contributed by atoms with Crippen LogP contribution in [0.3, 0.4) is 0 Å². The van der Waals surface area contributed by atoms with Crippen LogP contribution in [0.25, 0.3) is 0 Å². The van der Waals surface area contributed by atoms with E-state index >= 15 is 0 Å². The van der Waals surface area contributed by atoms with Gasteiger partial charge in [0.15, 0.2) is 5.13 Å². The molecular weight excluding hydrogens is 416 g/mol. The number of thiazole rings is 1. The Morgan fingerprint density at radius 2 is 2.10 bits per heavy atom. The molecule has 1 aliphatic heterocycles. The average Bonchev–Trinajstić information content (AvgIpc) is 3.22. The van der Waals surface area contributed by atoms with E-state index < -0.39 is 0 Å². The number of carbonyl (C=O) groups excluding carboxylic acids is 1. The van der Waals surface area contributed by atoms with Crippen LogP contribution >= 0.6 is 23.1 Å². The highest BCUT2D eigenvalue weighted by Gasteiger charge is 2.24. The number of likely N-dealkylation sites (tertiary alicyclic amines) is 1. The number of aliphatic hydroxyl groups excluding tert-OH is 1. The van der Waals surface area contributed by atoms with Gasteiger partial charge in [0.25, 0.3) is 5.91 Å². The first-order valence-corrected chi connectivity index (χ1v) is 11.6. The summed E-state index contributed by atoms with van der Waals surface area (Å²) in [6.07, 6.45) is 5.30. The molecule has 6 nitrogen and oxygen atoms in total. The van der Waals surface area contributed by atoms with E-state index in [1.54, 1.807) is 29.3 Å². The molecule has 3 aromatic rings. The quantitative estimate of drug-likeness (QED) is 0.584. The monoisotopic (exact) mass is 440 g/mol. The first kappa shape index (κ1) is 20.8. The maximum absolute atomic E-state index is 13.1. The summed E-state index contributed by atoms with van der Waals surface area (Å²) in [6.45, 7) is 3.60. The van der Waals surface area contributed by atoms with E-state index in [1.807, 2.05) is 54.4 Å². The van der Waals surface area contributed by atoms with Crippen LogP contribution in [0.1, 0.15) is 28.8 Å². The van der Waals surface area contributed by atoms with E-state index in [1.165, 1.54) is 0 Å². The molecule has 1 aromatic carbocycles. The molecule has 30 heavy (non-hydrogen) atoms. The smallest absolute Gasteiger partial charge is 0.254 e. The molecule has 1 saturated heterocycles. The van der Waals surface area contributed by atoms with Crippen molar-refractivity contribution in [2.24, 2.45) is 5.92 Å². The first-order chi connectivity index (χ1) is 14.6. The molecule has 1 fully saturated rings. The molecule has 0 saturated carbocycles. The lowest BCUT2D eigenvalue weighted by Gasteiger charge is -2.31. The number of amides is 1. The zero-order valence-corrected chi connectivity index (χ0v) is 18.4. The van der Waals surface area contributed by atoms with Crippen molar-refractivity contribution < 1.29 is 9.90 Å². The van der Waals surface area contributed by atoms with Crippen molar-refractivity contribution in [3.63, 3.8) is 0 Å². The second kappa shape index (κ2) is 9.59. The van der Waals surface area contributed by atoms with Gasteiger partial charge in [-0.2, -0.15) is 0 Å². The summed E-state index contributed by atoms with van der Waals surface area (Å²) in [7, 11) is 0. The van der Waals surface area contributed by atoms with Crippen LogP contribution in [0.2, 0.25) is 0 Å². The third kappa shape index (κ3) is 5.00. The Morgan fingerprint density at radius 1 is 1.27 bits per heavy atom. The van der Waals surface area contributed by atoms with Crippen LogP contribution < -0.4 is 5.32 Å². The zero-order valence-electron chi connectivity index (χ0n) is 16.7. The van der Waals surface area contributed by atoms with Crippen LogP contribution in [-0.4, -0.2) is 45.6 Å². The van der Waals surface area contributed by atoms with Gasteiger partial charge >= 0.3 is 0 Å². The highest BCUT2D eigenvalue weighted by molar-refractivity contribution is 8.01. The van der Waals surface area contributed by atoms with E-state index in [-0.39, 0.29) is 12.5 Å². The summed E-state index contributed by atoms with van der Waals surface area (Å²) >= 11 is 3.16. The van der Waals surface area contributed by atoms with Gasteiger partial charge in [-0.3, -0.25) is 4.79 Å². The number of hydrogen-bond donors (Lipinski definition) is 2. The maximum atomic E-state index is 13.1. The van der Waals surface area contributed by atoms with Gasteiger partial charge in [-0.1, -0.05) is 35.2 Å². The lowest BCUT2D eigenvalue weighted by atomic mass is 9.97. The Bertz CT molecular complexity index is 1000. The van der Waals surface area contributed by atoms with Crippen LogP contribution in [0.4, 0.5) is 10.9 Å². The van der Waals surface area contributed by atoms with Crippen molar-refractivity contribution in [3.8, 4) is 0 Å². The minimum absolute atomic E-state index is 0.0770. The number of hydrogen-bond acceptors (Lipinski definition) is 7. The number of pyridine rings is 1. The van der Waals surface area contributed by atoms with E-state index in [4.69, 9.17) is 0 Å². The molecule has 2 aromatic heterocycles. The molecule has 8 heteroatoms. The molecule has 4 rings (SSSR count). The number of anilines is 2. The summed E-state index contributed by atoms with van der Waals surface area (Å²) in [5.41, 5.74) is 1.73. The second-order valence-electron chi connectivity index (χ2n) is 7.32. The van der Waals surface area contributed by atoms with Gasteiger partial charge in [0.05, 0.1) is 10.4 Å². The third-order valence-electron chi connectivity index (χ3n) is 5.20. The Kier molecular flexibility index (Phi) is 6.66. The van der Waals surface area contributed by atoms with Gasteiger partial charge in [0.1, 0.15) is 5.82 Å². The minimum atomic E-state index is 0.0770. The molecule has 156 valence electrons.